The van der Waals surface area contributed by atoms with Crippen molar-refractivity contribution in [1.82, 2.24) is 5.32 Å². The van der Waals surface area contributed by atoms with Crippen molar-refractivity contribution in [3.63, 3.8) is 0 Å². The molecule has 0 bridgehead atoms. The Bertz CT molecular complexity index is 1260. The van der Waals surface area contributed by atoms with Crippen LogP contribution in [0.4, 0.5) is 13.2 Å². The van der Waals surface area contributed by atoms with Crippen LogP contribution in [0.15, 0.2) is 66.7 Å². The minimum atomic E-state index is -4.41. The smallest absolute Gasteiger partial charge is 0.416 e. The van der Waals surface area contributed by atoms with Gasteiger partial charge in [0.2, 0.25) is 6.79 Å². The van der Waals surface area contributed by atoms with Crippen LogP contribution in [0.25, 0.3) is 5.70 Å². The minimum absolute atomic E-state index is 0.0324. The van der Waals surface area contributed by atoms with Crippen LogP contribution in [0.2, 0.25) is 0 Å². The van der Waals surface area contributed by atoms with E-state index >= 15 is 0 Å². The van der Waals surface area contributed by atoms with E-state index < -0.39 is 17.9 Å². The van der Waals surface area contributed by atoms with Crippen LogP contribution in [0, 0.1) is 0 Å². The molecule has 0 aliphatic carbocycles. The molecule has 0 amide bonds. The third kappa shape index (κ3) is 4.59. The van der Waals surface area contributed by atoms with Crippen LogP contribution in [-0.2, 0) is 6.18 Å². The van der Waals surface area contributed by atoms with Crippen molar-refractivity contribution in [2.75, 3.05) is 13.4 Å². The molecule has 6 nitrogen and oxygen atoms in total. The summed E-state index contributed by atoms with van der Waals surface area (Å²) in [5.41, 5.74) is 2.16. The summed E-state index contributed by atoms with van der Waals surface area (Å²) in [6.07, 6.45) is -2.86. The van der Waals surface area contributed by atoms with Crippen LogP contribution in [-0.4, -0.2) is 18.5 Å². The molecule has 0 spiro atoms. The number of hydrogen-bond donors (Lipinski definition) is 3. The van der Waals surface area contributed by atoms with Crippen molar-refractivity contribution in [3.8, 4) is 23.0 Å². The Morgan fingerprint density at radius 2 is 1.83 bits per heavy atom. The summed E-state index contributed by atoms with van der Waals surface area (Å²) in [5, 5.41) is 16.2. The van der Waals surface area contributed by atoms with Crippen LogP contribution in [0.3, 0.4) is 0 Å². The Labute approximate surface area is 199 Å². The van der Waals surface area contributed by atoms with Gasteiger partial charge in [-0.1, -0.05) is 18.2 Å². The van der Waals surface area contributed by atoms with Gasteiger partial charge in [0.05, 0.1) is 17.7 Å². The molecule has 0 saturated carbocycles. The number of aromatic hydroxyl groups is 1. The molecule has 35 heavy (non-hydrogen) atoms. The molecule has 2 unspecified atom stereocenters. The van der Waals surface area contributed by atoms with Crippen molar-refractivity contribution in [2.24, 2.45) is 0 Å². The Morgan fingerprint density at radius 1 is 1.06 bits per heavy atom. The van der Waals surface area contributed by atoms with Crippen LogP contribution in [0.1, 0.15) is 41.4 Å². The highest BCUT2D eigenvalue weighted by molar-refractivity contribution is 5.69. The fourth-order valence-electron chi connectivity index (χ4n) is 4.30. The van der Waals surface area contributed by atoms with Gasteiger partial charge in [-0.25, -0.2) is 0 Å². The normalized spacial score (nSPS) is 19.1. The van der Waals surface area contributed by atoms with Gasteiger partial charge in [0.25, 0.3) is 0 Å². The number of rotatable bonds is 5. The van der Waals surface area contributed by atoms with Crippen LogP contribution in [0.5, 0.6) is 23.0 Å². The largest absolute Gasteiger partial charge is 0.504 e. The zero-order chi connectivity index (χ0) is 24.6. The van der Waals surface area contributed by atoms with E-state index in [4.69, 9.17) is 14.2 Å². The summed E-state index contributed by atoms with van der Waals surface area (Å²) in [4.78, 5) is 0. The Kier molecular flexibility index (Phi) is 5.94. The maximum absolute atomic E-state index is 13.1. The number of halogens is 3. The number of para-hydroxylation sites is 1. The molecule has 2 heterocycles. The van der Waals surface area contributed by atoms with Gasteiger partial charge in [-0.05, 0) is 49.4 Å². The van der Waals surface area contributed by atoms with E-state index in [9.17, 15) is 18.3 Å². The van der Waals surface area contributed by atoms with Crippen molar-refractivity contribution >= 4 is 5.70 Å². The predicted molar refractivity (Wildman–Crippen MR) is 122 cm³/mol. The molecule has 0 radical (unpaired) electrons. The molecule has 9 heteroatoms. The molecule has 3 aromatic rings. The van der Waals surface area contributed by atoms with Crippen LogP contribution >= 0.6 is 0 Å². The standard InChI is InChI=1S/C26H23F3N2O4/c1-2-33-22-5-3-4-18(24(22)32)20-13-19(16-8-11-21-23(12-16)35-14-34-21)30-25(31-20)15-6-9-17(10-7-15)26(27,28)29/h3-13,20,25,30-32H,2,14H2,1H3/p+1. The highest BCUT2D eigenvalue weighted by Gasteiger charge is 2.33. The van der Waals surface area contributed by atoms with Gasteiger partial charge in [-0.3, -0.25) is 0 Å². The number of phenols is 1. The summed E-state index contributed by atoms with van der Waals surface area (Å²) >= 11 is 0. The molecule has 0 aromatic heterocycles. The predicted octanol–water partition coefficient (Wildman–Crippen LogP) is 4.49. The fraction of sp³-hybridized carbons (Fsp3) is 0.231. The maximum Gasteiger partial charge on any atom is 0.416 e. The van der Waals surface area contributed by atoms with Gasteiger partial charge in [0.1, 0.15) is 6.04 Å². The molecule has 2 aliphatic rings. The Morgan fingerprint density at radius 3 is 2.57 bits per heavy atom. The third-order valence-corrected chi connectivity index (χ3v) is 6.03. The number of nitrogens with two attached hydrogens (primary N) is 1. The molecule has 0 saturated heterocycles. The number of hydrogen-bond acceptors (Lipinski definition) is 5. The van der Waals surface area contributed by atoms with Crippen molar-refractivity contribution in [1.29, 1.82) is 0 Å². The van der Waals surface area contributed by atoms with Crippen molar-refractivity contribution < 1.29 is 37.8 Å². The zero-order valence-electron chi connectivity index (χ0n) is 18.8. The van der Waals surface area contributed by atoms with E-state index in [1.54, 1.807) is 12.1 Å². The van der Waals surface area contributed by atoms with Gasteiger partial charge in [-0.2, -0.15) is 13.2 Å². The van der Waals surface area contributed by atoms with Crippen molar-refractivity contribution in [2.45, 2.75) is 25.3 Å². The van der Waals surface area contributed by atoms with Crippen LogP contribution < -0.4 is 24.8 Å². The highest BCUT2D eigenvalue weighted by atomic mass is 19.4. The molecule has 2 atom stereocenters. The van der Waals surface area contributed by atoms with Gasteiger partial charge in [0.15, 0.2) is 29.2 Å². The lowest BCUT2D eigenvalue weighted by atomic mass is 9.97. The van der Waals surface area contributed by atoms with Gasteiger partial charge in [-0.15, -0.1) is 0 Å². The average Bonchev–Trinajstić information content (AvgIpc) is 3.33. The number of ether oxygens (including phenoxy) is 3. The average molecular weight is 485 g/mol. The second kappa shape index (κ2) is 9.07. The van der Waals surface area contributed by atoms with Gasteiger partial charge >= 0.3 is 6.18 Å². The van der Waals surface area contributed by atoms with E-state index in [0.29, 0.717) is 35.0 Å². The second-order valence-electron chi connectivity index (χ2n) is 8.24. The molecule has 0 fully saturated rings. The number of fused-ring (bicyclic) bond motifs is 1. The summed E-state index contributed by atoms with van der Waals surface area (Å²) in [6, 6.07) is 15.6. The fourth-order valence-corrected chi connectivity index (χ4v) is 4.30. The summed E-state index contributed by atoms with van der Waals surface area (Å²) < 4.78 is 55.7. The lowest BCUT2D eigenvalue weighted by molar-refractivity contribution is -0.731. The van der Waals surface area contributed by atoms with E-state index in [2.05, 4.69) is 5.32 Å². The highest BCUT2D eigenvalue weighted by Crippen LogP contribution is 2.38. The van der Waals surface area contributed by atoms with E-state index in [1.807, 2.05) is 42.6 Å². The zero-order valence-corrected chi connectivity index (χ0v) is 18.8. The monoisotopic (exact) mass is 485 g/mol. The van der Waals surface area contributed by atoms with Gasteiger partial charge in [0, 0.05) is 22.9 Å². The molecule has 5 rings (SSSR count). The number of nitrogens with one attached hydrogen (secondary N) is 1. The number of phenolic OH excluding ortho intramolecular Hbond substituents is 1. The maximum atomic E-state index is 13.1. The first-order valence-electron chi connectivity index (χ1n) is 11.2. The Hall–Kier alpha value is -3.85. The van der Waals surface area contributed by atoms with Gasteiger partial charge < -0.3 is 30.0 Å². The molecule has 4 N–H and O–H groups in total. The van der Waals surface area contributed by atoms with E-state index in [0.717, 1.165) is 23.4 Å². The number of quaternary nitrogens is 1. The van der Waals surface area contributed by atoms with Crippen molar-refractivity contribution in [3.05, 3.63) is 89.0 Å². The molecule has 182 valence electrons. The summed E-state index contributed by atoms with van der Waals surface area (Å²) in [5.74, 6) is 1.67. The SMILES string of the molecule is CCOc1cccc(C2C=C(c3ccc4c(c3)OCO4)NC(c3ccc(C(F)(F)F)cc3)[NH2+]2)c1O. The van der Waals surface area contributed by atoms with E-state index in [-0.39, 0.29) is 18.6 Å². The minimum Gasteiger partial charge on any atom is -0.504 e. The summed E-state index contributed by atoms with van der Waals surface area (Å²) in [6.45, 7) is 2.38. The molecule has 2 aliphatic heterocycles. The lowest BCUT2D eigenvalue weighted by Crippen LogP contribution is -2.89. The first kappa shape index (κ1) is 22.9. The second-order valence-corrected chi connectivity index (χ2v) is 8.24. The molecular formula is C26H24F3N2O4+. The first-order valence-corrected chi connectivity index (χ1v) is 11.2. The molecule has 3 aromatic carbocycles. The summed E-state index contributed by atoms with van der Waals surface area (Å²) in [7, 11) is 0. The third-order valence-electron chi connectivity index (χ3n) is 6.03. The first-order chi connectivity index (χ1) is 16.8. The van der Waals surface area contributed by atoms with E-state index in [1.165, 1.54) is 12.1 Å². The molecular weight excluding hydrogens is 461 g/mol. The topological polar surface area (TPSA) is 76.6 Å². The Balaban J connectivity index is 1.54. The number of alkyl halides is 3. The quantitative estimate of drug-likeness (QED) is 0.497. The lowest BCUT2D eigenvalue weighted by Gasteiger charge is -2.30. The number of benzene rings is 3.